The van der Waals surface area contributed by atoms with E-state index in [0.717, 1.165) is 31.2 Å². The number of nitrogens with one attached hydrogen (secondary N) is 2. The highest BCUT2D eigenvalue weighted by Crippen LogP contribution is 2.33. The summed E-state index contributed by atoms with van der Waals surface area (Å²) in [5.41, 5.74) is -0.0966. The molecular formula is C21H26N4O7S. The fourth-order valence-electron chi connectivity index (χ4n) is 2.95. The van der Waals surface area contributed by atoms with E-state index in [9.17, 15) is 28.1 Å². The van der Waals surface area contributed by atoms with Gasteiger partial charge in [0.1, 0.15) is 18.0 Å². The molecule has 2 aromatic carbocycles. The third kappa shape index (κ3) is 6.91. The number of nitro benzene ring substituents is 1. The van der Waals surface area contributed by atoms with Crippen LogP contribution in [0.25, 0.3) is 0 Å². The van der Waals surface area contributed by atoms with Gasteiger partial charge in [0, 0.05) is 18.7 Å². The van der Waals surface area contributed by atoms with Gasteiger partial charge in [-0.05, 0) is 24.6 Å². The highest BCUT2D eigenvalue weighted by molar-refractivity contribution is 7.92. The number of nitrogens with zero attached hydrogens (tertiary/aromatic N) is 2. The van der Waals surface area contributed by atoms with Gasteiger partial charge >= 0.3 is 0 Å². The Kier molecular flexibility index (Phi) is 8.74. The number of rotatable bonds is 11. The largest absolute Gasteiger partial charge is 0.495 e. The van der Waals surface area contributed by atoms with E-state index >= 15 is 0 Å². The number of hydrogen-bond donors (Lipinski definition) is 2. The number of benzene rings is 2. The molecule has 11 nitrogen and oxygen atoms in total. The summed E-state index contributed by atoms with van der Waals surface area (Å²) in [6.45, 7) is 1.78. The molecule has 0 saturated heterocycles. The third-order valence-electron chi connectivity index (χ3n) is 4.59. The maximum absolute atomic E-state index is 12.8. The Morgan fingerprint density at radius 3 is 2.48 bits per heavy atom. The number of anilines is 2. The lowest BCUT2D eigenvalue weighted by atomic mass is 10.1. The Hall–Kier alpha value is -3.67. The second-order valence-electron chi connectivity index (χ2n) is 7.09. The molecule has 0 atom stereocenters. The first-order valence-corrected chi connectivity index (χ1v) is 11.9. The minimum Gasteiger partial charge on any atom is -0.495 e. The summed E-state index contributed by atoms with van der Waals surface area (Å²) < 4.78 is 30.7. The van der Waals surface area contributed by atoms with E-state index < -0.39 is 27.4 Å². The number of sulfonamides is 1. The first-order chi connectivity index (χ1) is 15.6. The average Bonchev–Trinajstić information content (AvgIpc) is 2.76. The van der Waals surface area contributed by atoms with E-state index in [-0.39, 0.29) is 34.3 Å². The topological polar surface area (TPSA) is 148 Å². The quantitative estimate of drug-likeness (QED) is 0.286. The molecule has 0 bridgehead atoms. The van der Waals surface area contributed by atoms with Crippen LogP contribution >= 0.6 is 0 Å². The molecule has 0 aliphatic rings. The van der Waals surface area contributed by atoms with Gasteiger partial charge in [0.25, 0.3) is 11.6 Å². The van der Waals surface area contributed by atoms with E-state index in [1.54, 1.807) is 12.1 Å². The summed E-state index contributed by atoms with van der Waals surface area (Å²) in [7, 11) is -2.75. The maximum Gasteiger partial charge on any atom is 0.271 e. The van der Waals surface area contributed by atoms with Gasteiger partial charge in [0.15, 0.2) is 0 Å². The minimum atomic E-state index is -4.03. The Balaban J connectivity index is 2.32. The fourth-order valence-corrected chi connectivity index (χ4v) is 3.80. The number of carbonyl (C=O) groups excluding carboxylic acids is 2. The molecule has 0 aliphatic heterocycles. The molecule has 0 fully saturated rings. The van der Waals surface area contributed by atoms with Gasteiger partial charge in [-0.1, -0.05) is 25.5 Å². The molecule has 2 rings (SSSR count). The minimum absolute atomic E-state index is 0.0366. The molecule has 12 heteroatoms. The third-order valence-corrected chi connectivity index (χ3v) is 5.72. The zero-order valence-corrected chi connectivity index (χ0v) is 19.3. The van der Waals surface area contributed by atoms with Crippen molar-refractivity contribution in [1.82, 2.24) is 5.32 Å². The molecule has 0 radical (unpaired) electrons. The summed E-state index contributed by atoms with van der Waals surface area (Å²) in [4.78, 5) is 35.7. The Morgan fingerprint density at radius 2 is 1.88 bits per heavy atom. The van der Waals surface area contributed by atoms with Gasteiger partial charge in [-0.25, -0.2) is 8.42 Å². The van der Waals surface area contributed by atoms with E-state index in [4.69, 9.17) is 4.74 Å². The zero-order valence-electron chi connectivity index (χ0n) is 18.5. The fraction of sp³-hybridized carbons (Fsp3) is 0.333. The smallest absolute Gasteiger partial charge is 0.271 e. The van der Waals surface area contributed by atoms with Crippen molar-refractivity contribution in [3.63, 3.8) is 0 Å². The number of non-ortho nitro benzene ring substituents is 1. The second-order valence-corrected chi connectivity index (χ2v) is 8.99. The number of nitro groups is 1. The first kappa shape index (κ1) is 25.6. The van der Waals surface area contributed by atoms with Crippen LogP contribution in [0.5, 0.6) is 5.75 Å². The maximum atomic E-state index is 12.8. The molecule has 2 N–H and O–H groups in total. The number of unbranched alkanes of at least 4 members (excludes halogenated alkanes) is 1. The van der Waals surface area contributed by atoms with Crippen LogP contribution in [0.1, 0.15) is 30.1 Å². The monoisotopic (exact) mass is 478 g/mol. The normalized spacial score (nSPS) is 10.9. The van der Waals surface area contributed by atoms with Crippen molar-refractivity contribution in [2.75, 3.05) is 36.1 Å². The molecular weight excluding hydrogens is 452 g/mol. The van der Waals surface area contributed by atoms with Gasteiger partial charge in [-0.15, -0.1) is 0 Å². The van der Waals surface area contributed by atoms with Gasteiger partial charge in [0.2, 0.25) is 15.9 Å². The van der Waals surface area contributed by atoms with Gasteiger partial charge in [-0.3, -0.25) is 24.0 Å². The molecule has 33 heavy (non-hydrogen) atoms. The van der Waals surface area contributed by atoms with Gasteiger partial charge in [0.05, 0.1) is 29.5 Å². The van der Waals surface area contributed by atoms with Crippen molar-refractivity contribution in [3.05, 3.63) is 58.1 Å². The predicted octanol–water partition coefficient (Wildman–Crippen LogP) is 2.54. The standard InChI is InChI=1S/C21H26N4O7S/c1-4-5-12-22-21(27)16-8-6-7-9-17(16)23-20(26)14-24(33(3,30)31)18-13-15(25(28)29)10-11-19(18)32-2/h6-11,13H,4-5,12,14H2,1-3H3,(H,22,27)(H,23,26). The van der Waals surface area contributed by atoms with E-state index in [2.05, 4.69) is 10.6 Å². The van der Waals surface area contributed by atoms with Crippen molar-refractivity contribution in [2.24, 2.45) is 0 Å². The van der Waals surface area contributed by atoms with Crippen molar-refractivity contribution in [3.8, 4) is 5.75 Å². The summed E-state index contributed by atoms with van der Waals surface area (Å²) in [6.07, 6.45) is 2.57. The van der Waals surface area contributed by atoms with E-state index in [1.807, 2.05) is 6.92 Å². The van der Waals surface area contributed by atoms with Crippen molar-refractivity contribution in [2.45, 2.75) is 19.8 Å². The lowest BCUT2D eigenvalue weighted by Crippen LogP contribution is -2.38. The first-order valence-electron chi connectivity index (χ1n) is 10.1. The van der Waals surface area contributed by atoms with Crippen LogP contribution in [0.4, 0.5) is 17.1 Å². The second kappa shape index (κ2) is 11.3. The lowest BCUT2D eigenvalue weighted by molar-refractivity contribution is -0.384. The van der Waals surface area contributed by atoms with E-state index in [0.29, 0.717) is 10.8 Å². The molecule has 0 unspecified atom stereocenters. The van der Waals surface area contributed by atoms with Crippen LogP contribution in [0.3, 0.4) is 0 Å². The van der Waals surface area contributed by atoms with Crippen LogP contribution in [0.15, 0.2) is 42.5 Å². The summed E-state index contributed by atoms with van der Waals surface area (Å²) in [6, 6.07) is 9.75. The Labute approximate surface area is 191 Å². The van der Waals surface area contributed by atoms with Crippen LogP contribution in [0.2, 0.25) is 0 Å². The number of hydrogen-bond acceptors (Lipinski definition) is 7. The van der Waals surface area contributed by atoms with E-state index in [1.165, 1.54) is 25.3 Å². The van der Waals surface area contributed by atoms with Crippen LogP contribution in [-0.2, 0) is 14.8 Å². The van der Waals surface area contributed by atoms with Crippen molar-refractivity contribution in [1.29, 1.82) is 0 Å². The molecule has 0 heterocycles. The van der Waals surface area contributed by atoms with Crippen molar-refractivity contribution >= 4 is 38.9 Å². The SMILES string of the molecule is CCCCNC(=O)c1ccccc1NC(=O)CN(c1cc([N+](=O)[O-])ccc1OC)S(C)(=O)=O. The molecule has 0 aliphatic carbocycles. The van der Waals surface area contributed by atoms with Crippen LogP contribution in [-0.4, -0.2) is 51.6 Å². The highest BCUT2D eigenvalue weighted by Gasteiger charge is 2.26. The number of carbonyl (C=O) groups is 2. The Morgan fingerprint density at radius 1 is 1.18 bits per heavy atom. The van der Waals surface area contributed by atoms with Crippen LogP contribution < -0.4 is 19.7 Å². The molecule has 0 aromatic heterocycles. The molecule has 178 valence electrons. The number of amides is 2. The van der Waals surface area contributed by atoms with Crippen LogP contribution in [0, 0.1) is 10.1 Å². The van der Waals surface area contributed by atoms with Gasteiger partial charge in [-0.2, -0.15) is 0 Å². The molecule has 0 spiro atoms. The predicted molar refractivity (Wildman–Crippen MR) is 124 cm³/mol. The number of methoxy groups -OCH3 is 1. The van der Waals surface area contributed by atoms with Gasteiger partial charge < -0.3 is 15.4 Å². The van der Waals surface area contributed by atoms with Crippen molar-refractivity contribution < 1.29 is 27.7 Å². The summed E-state index contributed by atoms with van der Waals surface area (Å²) >= 11 is 0. The lowest BCUT2D eigenvalue weighted by Gasteiger charge is -2.23. The summed E-state index contributed by atoms with van der Waals surface area (Å²) in [5, 5.41) is 16.5. The molecule has 2 amide bonds. The number of para-hydroxylation sites is 1. The highest BCUT2D eigenvalue weighted by atomic mass is 32.2. The average molecular weight is 479 g/mol. The number of ether oxygens (including phenoxy) is 1. The summed E-state index contributed by atoms with van der Waals surface area (Å²) in [5.74, 6) is -1.09. The molecule has 2 aromatic rings. The molecule has 0 saturated carbocycles. The Bertz CT molecular complexity index is 1140. The zero-order chi connectivity index (χ0) is 24.6.